The fourth-order valence-electron chi connectivity index (χ4n) is 2.74. The van der Waals surface area contributed by atoms with Crippen molar-refractivity contribution in [3.05, 3.63) is 66.3 Å². The van der Waals surface area contributed by atoms with Crippen LogP contribution in [-0.4, -0.2) is 21.1 Å². The summed E-state index contributed by atoms with van der Waals surface area (Å²) in [6, 6.07) is 13.3. The first-order valence-electron chi connectivity index (χ1n) is 8.63. The van der Waals surface area contributed by atoms with Gasteiger partial charge in [0, 0.05) is 18.0 Å². The van der Waals surface area contributed by atoms with E-state index in [9.17, 15) is 4.79 Å². The summed E-state index contributed by atoms with van der Waals surface area (Å²) in [6.07, 6.45) is 4.19. The summed E-state index contributed by atoms with van der Waals surface area (Å²) < 4.78 is 10.6. The number of carbonyl (C=O) groups excluding carboxylic acids is 1. The van der Waals surface area contributed by atoms with Crippen LogP contribution < -0.4 is 0 Å². The average molecular weight is 351 g/mol. The van der Waals surface area contributed by atoms with E-state index in [-0.39, 0.29) is 30.3 Å². The molecule has 26 heavy (non-hydrogen) atoms. The Labute approximate surface area is 152 Å². The molecule has 134 valence electrons. The molecule has 0 spiro atoms. The maximum Gasteiger partial charge on any atom is 0.314 e. The lowest BCUT2D eigenvalue weighted by Gasteiger charge is -2.21. The predicted molar refractivity (Wildman–Crippen MR) is 96.0 cm³/mol. The van der Waals surface area contributed by atoms with Crippen LogP contribution in [0.5, 0.6) is 0 Å². The highest BCUT2D eigenvalue weighted by Gasteiger charge is 2.27. The van der Waals surface area contributed by atoms with Crippen LogP contribution in [0.25, 0.3) is 11.4 Å². The zero-order valence-electron chi connectivity index (χ0n) is 14.8. The summed E-state index contributed by atoms with van der Waals surface area (Å²) in [5.41, 5.74) is 1.70. The Hall–Kier alpha value is -3.02. The number of carbonyl (C=O) groups is 1. The van der Waals surface area contributed by atoms with E-state index in [2.05, 4.69) is 22.0 Å². The molecule has 0 aliphatic rings. The molecule has 0 bridgehead atoms. The number of nitrogens with zero attached hydrogens (tertiary/aromatic N) is 3. The van der Waals surface area contributed by atoms with Crippen LogP contribution in [0.3, 0.4) is 0 Å². The minimum Gasteiger partial charge on any atom is -0.455 e. The van der Waals surface area contributed by atoms with Crippen LogP contribution in [-0.2, 0) is 16.1 Å². The molecule has 1 aromatic carbocycles. The van der Waals surface area contributed by atoms with Gasteiger partial charge in [-0.15, -0.1) is 0 Å². The molecule has 2 heterocycles. The lowest BCUT2D eigenvalue weighted by molar-refractivity contribution is -0.149. The Bertz CT molecular complexity index is 834. The van der Waals surface area contributed by atoms with Crippen molar-refractivity contribution in [3.8, 4) is 11.4 Å². The summed E-state index contributed by atoms with van der Waals surface area (Å²) in [5.74, 6) is 0.242. The largest absolute Gasteiger partial charge is 0.455 e. The normalized spacial score (nSPS) is 13.2. The topological polar surface area (TPSA) is 78.1 Å². The fraction of sp³-hybridized carbons (Fsp3) is 0.300. The van der Waals surface area contributed by atoms with Gasteiger partial charge in [-0.25, -0.2) is 0 Å². The predicted octanol–water partition coefficient (Wildman–Crippen LogP) is 4.00. The van der Waals surface area contributed by atoms with Crippen molar-refractivity contribution < 1.29 is 14.1 Å². The minimum atomic E-state index is -0.318. The number of rotatable bonds is 7. The third-order valence-corrected chi connectivity index (χ3v) is 4.35. The van der Waals surface area contributed by atoms with Gasteiger partial charge in [0.15, 0.2) is 6.61 Å². The molecule has 2 atom stereocenters. The van der Waals surface area contributed by atoms with Gasteiger partial charge in [0.2, 0.25) is 5.82 Å². The first-order chi connectivity index (χ1) is 12.7. The Kier molecular flexibility index (Phi) is 5.73. The van der Waals surface area contributed by atoms with E-state index in [1.165, 1.54) is 0 Å². The van der Waals surface area contributed by atoms with E-state index in [1.807, 2.05) is 43.3 Å². The van der Waals surface area contributed by atoms with Gasteiger partial charge in [-0.2, -0.15) is 4.98 Å². The summed E-state index contributed by atoms with van der Waals surface area (Å²) in [7, 11) is 0. The zero-order chi connectivity index (χ0) is 18.4. The molecule has 0 fully saturated rings. The first kappa shape index (κ1) is 17.8. The molecule has 0 N–H and O–H groups in total. The smallest absolute Gasteiger partial charge is 0.314 e. The number of hydrogen-bond donors (Lipinski definition) is 0. The number of aromatic nitrogens is 3. The zero-order valence-corrected chi connectivity index (χ0v) is 14.8. The van der Waals surface area contributed by atoms with Gasteiger partial charge in [-0.05, 0) is 23.6 Å². The van der Waals surface area contributed by atoms with E-state index in [1.54, 1.807) is 18.5 Å². The first-order valence-corrected chi connectivity index (χ1v) is 8.63. The molecule has 0 aliphatic carbocycles. The maximum absolute atomic E-state index is 12.7. The highest BCUT2D eigenvalue weighted by molar-refractivity contribution is 5.78. The SMILES string of the molecule is CC[C@@H](C)[C@H](C(=O)OCc1nc(-c2cccnc2)no1)c1ccccc1. The standard InChI is InChI=1S/C20H21N3O3/c1-3-14(2)18(15-8-5-4-6-9-15)20(24)25-13-17-22-19(23-26-17)16-10-7-11-21-12-16/h4-12,14,18H,3,13H2,1-2H3/t14-,18+/m1/s1. The molecule has 0 saturated carbocycles. The van der Waals surface area contributed by atoms with E-state index < -0.39 is 0 Å². The summed E-state index contributed by atoms with van der Waals surface area (Å²) in [6.45, 7) is 4.06. The quantitative estimate of drug-likeness (QED) is 0.599. The molecular formula is C20H21N3O3. The van der Waals surface area contributed by atoms with Crippen molar-refractivity contribution in [2.45, 2.75) is 32.8 Å². The van der Waals surface area contributed by atoms with Crippen molar-refractivity contribution in [2.24, 2.45) is 5.92 Å². The molecule has 2 aromatic heterocycles. The van der Waals surface area contributed by atoms with Crippen LogP contribution in [0.4, 0.5) is 0 Å². The van der Waals surface area contributed by atoms with Gasteiger partial charge >= 0.3 is 5.97 Å². The highest BCUT2D eigenvalue weighted by Crippen LogP contribution is 2.28. The van der Waals surface area contributed by atoms with Crippen LogP contribution in [0.2, 0.25) is 0 Å². The Morgan fingerprint density at radius 2 is 2.00 bits per heavy atom. The average Bonchev–Trinajstić information content (AvgIpc) is 3.17. The van der Waals surface area contributed by atoms with E-state index in [4.69, 9.17) is 9.26 Å². The second kappa shape index (κ2) is 8.38. The van der Waals surface area contributed by atoms with E-state index in [0.29, 0.717) is 5.82 Å². The molecule has 0 unspecified atom stereocenters. The van der Waals surface area contributed by atoms with Crippen molar-refractivity contribution in [3.63, 3.8) is 0 Å². The van der Waals surface area contributed by atoms with Crippen LogP contribution in [0.1, 0.15) is 37.6 Å². The van der Waals surface area contributed by atoms with Gasteiger partial charge in [-0.1, -0.05) is 55.8 Å². The summed E-state index contributed by atoms with van der Waals surface area (Å²) in [4.78, 5) is 20.9. The number of benzene rings is 1. The lowest BCUT2D eigenvalue weighted by atomic mass is 9.86. The molecule has 0 radical (unpaired) electrons. The monoisotopic (exact) mass is 351 g/mol. The molecular weight excluding hydrogens is 330 g/mol. The fourth-order valence-corrected chi connectivity index (χ4v) is 2.74. The number of hydrogen-bond acceptors (Lipinski definition) is 6. The molecule has 3 aromatic rings. The van der Waals surface area contributed by atoms with Gasteiger partial charge in [-0.3, -0.25) is 9.78 Å². The molecule has 6 nitrogen and oxygen atoms in total. The number of pyridine rings is 1. The van der Waals surface area contributed by atoms with Crippen molar-refractivity contribution in [1.29, 1.82) is 0 Å². The lowest BCUT2D eigenvalue weighted by Crippen LogP contribution is -2.22. The number of esters is 1. The van der Waals surface area contributed by atoms with E-state index >= 15 is 0 Å². The Morgan fingerprint density at radius 1 is 1.19 bits per heavy atom. The van der Waals surface area contributed by atoms with Crippen LogP contribution in [0, 0.1) is 5.92 Å². The second-order valence-corrected chi connectivity index (χ2v) is 6.14. The third-order valence-electron chi connectivity index (χ3n) is 4.35. The molecule has 3 rings (SSSR count). The molecule has 6 heteroatoms. The van der Waals surface area contributed by atoms with Crippen molar-refractivity contribution >= 4 is 5.97 Å². The molecule has 0 saturated heterocycles. The Balaban J connectivity index is 1.68. The molecule has 0 aliphatic heterocycles. The van der Waals surface area contributed by atoms with Gasteiger partial charge < -0.3 is 9.26 Å². The van der Waals surface area contributed by atoms with Crippen molar-refractivity contribution in [1.82, 2.24) is 15.1 Å². The van der Waals surface area contributed by atoms with Crippen LogP contribution >= 0.6 is 0 Å². The summed E-state index contributed by atoms with van der Waals surface area (Å²) >= 11 is 0. The minimum absolute atomic E-state index is 0.0497. The van der Waals surface area contributed by atoms with Crippen LogP contribution in [0.15, 0.2) is 59.4 Å². The number of ether oxygens (including phenoxy) is 1. The van der Waals surface area contributed by atoms with Gasteiger partial charge in [0.05, 0.1) is 5.92 Å². The second-order valence-electron chi connectivity index (χ2n) is 6.14. The van der Waals surface area contributed by atoms with E-state index in [0.717, 1.165) is 17.5 Å². The van der Waals surface area contributed by atoms with Crippen molar-refractivity contribution in [2.75, 3.05) is 0 Å². The Morgan fingerprint density at radius 3 is 2.69 bits per heavy atom. The maximum atomic E-state index is 12.7. The highest BCUT2D eigenvalue weighted by atomic mass is 16.6. The third kappa shape index (κ3) is 4.14. The van der Waals surface area contributed by atoms with Gasteiger partial charge in [0.1, 0.15) is 0 Å². The summed E-state index contributed by atoms with van der Waals surface area (Å²) in [5, 5.41) is 3.90. The molecule has 0 amide bonds. The van der Waals surface area contributed by atoms with Gasteiger partial charge in [0.25, 0.3) is 5.89 Å².